The number of hydrogen-bond donors (Lipinski definition) is 1. The fraction of sp³-hybridized carbons (Fsp3) is 1.00. The minimum Gasteiger partial charge on any atom is -0.748 e. The third-order valence-corrected chi connectivity index (χ3v) is 5.04. The van der Waals surface area contributed by atoms with Crippen molar-refractivity contribution in [3.8, 4) is 0 Å². The van der Waals surface area contributed by atoms with Crippen LogP contribution >= 0.6 is 0 Å². The summed E-state index contributed by atoms with van der Waals surface area (Å²) in [4.78, 5) is 0. The molecule has 0 aromatic rings. The van der Waals surface area contributed by atoms with Gasteiger partial charge in [-0.1, -0.05) is 71.6 Å². The fourth-order valence-electron chi connectivity index (χ4n) is 2.44. The molecule has 0 saturated carbocycles. The zero-order chi connectivity index (χ0) is 15.4. The van der Waals surface area contributed by atoms with E-state index in [4.69, 9.17) is 0 Å². The second-order valence-corrected chi connectivity index (χ2v) is 7.24. The van der Waals surface area contributed by atoms with E-state index in [0.717, 1.165) is 51.4 Å². The number of rotatable bonds is 13. The molecule has 0 spiro atoms. The summed E-state index contributed by atoms with van der Waals surface area (Å²) in [6.07, 6.45) is 8.65. The van der Waals surface area contributed by atoms with Crippen molar-refractivity contribution < 1.29 is 47.6 Å². The van der Waals surface area contributed by atoms with Gasteiger partial charge >= 0.3 is 29.6 Å². The van der Waals surface area contributed by atoms with Gasteiger partial charge < -0.3 is 9.66 Å². The molecule has 0 amide bonds. The molecule has 0 saturated heterocycles. The minimum absolute atomic E-state index is 0. The van der Waals surface area contributed by atoms with Crippen LogP contribution < -0.4 is 29.6 Å². The van der Waals surface area contributed by atoms with Crippen LogP contribution in [0.25, 0.3) is 0 Å². The maximum absolute atomic E-state index is 11.3. The van der Waals surface area contributed by atoms with Crippen molar-refractivity contribution in [2.24, 2.45) is 0 Å². The summed E-state index contributed by atoms with van der Waals surface area (Å²) in [7, 11) is -4.40. The van der Waals surface area contributed by atoms with Gasteiger partial charge in [0.15, 0.2) is 0 Å². The van der Waals surface area contributed by atoms with Gasteiger partial charge in [-0.15, -0.1) is 0 Å². The Bertz CT molecular complexity index is 320. The van der Waals surface area contributed by atoms with Crippen LogP contribution in [0.15, 0.2) is 0 Å². The summed E-state index contributed by atoms with van der Waals surface area (Å²) in [6.45, 7) is 4.21. The van der Waals surface area contributed by atoms with Gasteiger partial charge in [-0.3, -0.25) is 0 Å². The first kappa shape index (κ1) is 24.1. The van der Waals surface area contributed by atoms with Gasteiger partial charge in [-0.05, 0) is 12.8 Å². The van der Waals surface area contributed by atoms with E-state index >= 15 is 0 Å². The third-order valence-electron chi connectivity index (χ3n) is 3.75. The molecule has 2 atom stereocenters. The molecule has 0 bridgehead atoms. The Morgan fingerprint density at radius 2 is 1.29 bits per heavy atom. The van der Waals surface area contributed by atoms with E-state index in [9.17, 15) is 18.1 Å². The van der Waals surface area contributed by atoms with E-state index in [-0.39, 0.29) is 29.6 Å². The minimum atomic E-state index is -4.40. The number of aliphatic hydroxyl groups is 1. The van der Waals surface area contributed by atoms with Gasteiger partial charge in [0, 0.05) is 0 Å². The van der Waals surface area contributed by atoms with E-state index in [1.54, 1.807) is 0 Å². The quantitative estimate of drug-likeness (QED) is 0.305. The summed E-state index contributed by atoms with van der Waals surface area (Å²) in [5.74, 6) is 0. The maximum Gasteiger partial charge on any atom is 1.00 e. The van der Waals surface area contributed by atoms with Crippen molar-refractivity contribution in [3.05, 3.63) is 0 Å². The van der Waals surface area contributed by atoms with Crippen molar-refractivity contribution in [1.29, 1.82) is 0 Å². The standard InChI is InChI=1S/C15H32O4S.Na/c1-3-5-7-9-10-12-14(16)15(20(17,18)19)13-11-8-6-4-2;/h14-16H,3-13H2,1-2H3,(H,17,18,19);/q;+1/p-1. The summed E-state index contributed by atoms with van der Waals surface area (Å²) in [5.41, 5.74) is 0. The predicted molar refractivity (Wildman–Crippen MR) is 81.6 cm³/mol. The van der Waals surface area contributed by atoms with Gasteiger partial charge in [0.1, 0.15) is 10.1 Å². The molecule has 0 aromatic heterocycles. The van der Waals surface area contributed by atoms with Crippen LogP contribution in [0.1, 0.15) is 84.5 Å². The summed E-state index contributed by atoms with van der Waals surface area (Å²) >= 11 is 0. The van der Waals surface area contributed by atoms with E-state index in [1.807, 2.05) is 0 Å². The van der Waals surface area contributed by atoms with E-state index < -0.39 is 21.5 Å². The Hall–Kier alpha value is 0.870. The molecule has 6 heteroatoms. The summed E-state index contributed by atoms with van der Waals surface area (Å²) in [6, 6.07) is 0. The van der Waals surface area contributed by atoms with Crippen molar-refractivity contribution in [2.75, 3.05) is 0 Å². The Labute approximate surface area is 153 Å². The zero-order valence-electron chi connectivity index (χ0n) is 14.0. The molecule has 0 fully saturated rings. The molecule has 0 radical (unpaired) electrons. The number of aliphatic hydroxyl groups excluding tert-OH is 1. The zero-order valence-corrected chi connectivity index (χ0v) is 16.8. The van der Waals surface area contributed by atoms with Gasteiger partial charge in [0.25, 0.3) is 0 Å². The SMILES string of the molecule is CCCCCCCC(O)C(CCCCCC)S(=O)(=O)[O-].[Na+]. The van der Waals surface area contributed by atoms with Crippen LogP contribution in [0, 0.1) is 0 Å². The molecular weight excluding hydrogens is 299 g/mol. The second kappa shape index (κ2) is 14.5. The first-order valence-electron chi connectivity index (χ1n) is 8.06. The van der Waals surface area contributed by atoms with E-state index in [2.05, 4.69) is 13.8 Å². The van der Waals surface area contributed by atoms with Gasteiger partial charge in [-0.2, -0.15) is 0 Å². The molecule has 2 unspecified atom stereocenters. The first-order valence-corrected chi connectivity index (χ1v) is 9.53. The molecule has 0 aliphatic carbocycles. The molecule has 0 aliphatic heterocycles. The maximum atomic E-state index is 11.3. The topological polar surface area (TPSA) is 77.4 Å². The molecule has 0 aliphatic rings. The van der Waals surface area contributed by atoms with Crippen molar-refractivity contribution in [1.82, 2.24) is 0 Å². The van der Waals surface area contributed by atoms with Crippen LogP contribution in [0.4, 0.5) is 0 Å². The molecule has 4 nitrogen and oxygen atoms in total. The molecular formula is C15H31NaO4S. The molecule has 21 heavy (non-hydrogen) atoms. The number of hydrogen-bond acceptors (Lipinski definition) is 4. The van der Waals surface area contributed by atoms with Crippen molar-refractivity contribution in [2.45, 2.75) is 95.8 Å². The Morgan fingerprint density at radius 3 is 1.76 bits per heavy atom. The van der Waals surface area contributed by atoms with Gasteiger partial charge in [0.2, 0.25) is 0 Å². The molecule has 0 rings (SSSR count). The summed E-state index contributed by atoms with van der Waals surface area (Å²) < 4.78 is 33.8. The molecule has 0 heterocycles. The van der Waals surface area contributed by atoms with Crippen LogP contribution in [-0.4, -0.2) is 29.4 Å². The number of unbranched alkanes of at least 4 members (excludes halogenated alkanes) is 7. The van der Waals surface area contributed by atoms with Crippen LogP contribution in [0.2, 0.25) is 0 Å². The average Bonchev–Trinajstić information content (AvgIpc) is 2.36. The normalized spacial score (nSPS) is 14.5. The monoisotopic (exact) mass is 330 g/mol. The largest absolute Gasteiger partial charge is 1.00 e. The van der Waals surface area contributed by atoms with Crippen LogP contribution in [0.5, 0.6) is 0 Å². The van der Waals surface area contributed by atoms with Gasteiger partial charge in [0.05, 0.1) is 11.4 Å². The fourth-order valence-corrected chi connectivity index (χ4v) is 3.42. The molecule has 0 aromatic carbocycles. The van der Waals surface area contributed by atoms with Crippen LogP contribution in [-0.2, 0) is 10.1 Å². The summed E-state index contributed by atoms with van der Waals surface area (Å²) in [5, 5.41) is 8.86. The van der Waals surface area contributed by atoms with E-state index in [1.165, 1.54) is 0 Å². The van der Waals surface area contributed by atoms with Crippen molar-refractivity contribution in [3.63, 3.8) is 0 Å². The smallest absolute Gasteiger partial charge is 0.748 e. The Balaban J connectivity index is 0. The Kier molecular flexibility index (Phi) is 16.6. The molecule has 122 valence electrons. The Morgan fingerprint density at radius 1 is 0.857 bits per heavy atom. The first-order chi connectivity index (χ1) is 9.43. The third kappa shape index (κ3) is 13.0. The predicted octanol–water partition coefficient (Wildman–Crippen LogP) is 0.596. The van der Waals surface area contributed by atoms with Gasteiger partial charge in [-0.25, -0.2) is 8.42 Å². The second-order valence-electron chi connectivity index (χ2n) is 5.65. The average molecular weight is 330 g/mol. The van der Waals surface area contributed by atoms with Crippen molar-refractivity contribution >= 4 is 10.1 Å². The van der Waals surface area contributed by atoms with Crippen LogP contribution in [0.3, 0.4) is 0 Å². The van der Waals surface area contributed by atoms with E-state index in [0.29, 0.717) is 19.3 Å². The molecule has 1 N–H and O–H groups in total.